The Hall–Kier alpha value is 1.05. The van der Waals surface area contributed by atoms with Crippen molar-refractivity contribution >= 4 is 24.3 Å². The number of carboxylic acids is 1. The van der Waals surface area contributed by atoms with Crippen molar-refractivity contribution in [2.24, 2.45) is 0 Å². The molecule has 1 aromatic carbocycles. The Kier molecular flexibility index (Phi) is 10.4. The zero-order valence-electron chi connectivity index (χ0n) is 10.5. The summed E-state index contributed by atoms with van der Waals surface area (Å²) in [4.78, 5) is 10.3. The van der Waals surface area contributed by atoms with E-state index >= 15 is 0 Å². The smallest absolute Gasteiger partial charge is 0.738 e. The van der Waals surface area contributed by atoms with Crippen LogP contribution in [0.2, 0.25) is 0 Å². The van der Waals surface area contributed by atoms with Crippen molar-refractivity contribution in [3.05, 3.63) is 24.3 Å². The second-order valence-corrected chi connectivity index (χ2v) is 3.51. The molecule has 88 valence electrons. The molecule has 1 heterocycles. The first-order valence-electron chi connectivity index (χ1n) is 4.66. The number of benzene rings is 1. The Morgan fingerprint density at radius 1 is 1.42 bits per heavy atom. The summed E-state index contributed by atoms with van der Waals surface area (Å²) in [5.41, 5.74) is 1.28. The normalized spacial score (nSPS) is 9.05. The molecule has 10 heteroatoms. The number of nitrogens with one attached hydrogen (secondary N) is 1. The minimum Gasteiger partial charge on any atom is -0.738 e. The van der Waals surface area contributed by atoms with Gasteiger partial charge in [-0.1, -0.05) is 6.07 Å². The number of carbonyl (C=O) groups excluding carboxylic acids is 1. The van der Waals surface area contributed by atoms with E-state index in [4.69, 9.17) is 12.6 Å². The molecule has 0 saturated carbocycles. The Balaban J connectivity index is 0.00000162. The molecule has 19 heavy (non-hydrogen) atoms. The van der Waals surface area contributed by atoms with Gasteiger partial charge in [0.05, 0.1) is 18.2 Å². The number of carbonyl (C=O) groups is 1. The number of nitrogens with zero attached hydrogens (tertiary/aromatic N) is 4. The quantitative estimate of drug-likeness (QED) is 0.440. The Morgan fingerprint density at radius 3 is 2.74 bits per heavy atom. The van der Waals surface area contributed by atoms with Crippen LogP contribution < -0.4 is 113 Å². The molecular weight excluding hydrogens is 320 g/mol. The minimum absolute atomic E-state index is 0. The number of tetrazole rings is 1. The number of aromatic nitrogens is 4. The zero-order valence-corrected chi connectivity index (χ0v) is 17.6. The summed E-state index contributed by atoms with van der Waals surface area (Å²) in [6, 6.07) is 6.91. The van der Waals surface area contributed by atoms with Crippen LogP contribution in [0, 0.1) is 0 Å². The van der Waals surface area contributed by atoms with E-state index in [-0.39, 0.29) is 114 Å². The number of carboxylic acid groups (broad SMARTS) is 1. The van der Waals surface area contributed by atoms with Crippen LogP contribution in [0.4, 0.5) is 5.69 Å². The van der Waals surface area contributed by atoms with Crippen molar-refractivity contribution in [2.75, 3.05) is 11.9 Å². The average molecular weight is 327 g/mol. The first-order valence-corrected chi connectivity index (χ1v) is 5.07. The number of hydrogen-bond donors (Lipinski definition) is 1. The minimum atomic E-state index is -1.18. The van der Waals surface area contributed by atoms with E-state index in [1.165, 1.54) is 4.68 Å². The number of hydrogen-bond acceptors (Lipinski definition) is 7. The fourth-order valence-electron chi connectivity index (χ4n) is 1.26. The molecule has 7 nitrogen and oxygen atoms in total. The molecule has 0 fully saturated rings. The van der Waals surface area contributed by atoms with Gasteiger partial charge in [-0.05, 0) is 28.6 Å². The van der Waals surface area contributed by atoms with E-state index in [9.17, 15) is 9.90 Å². The van der Waals surface area contributed by atoms with Crippen molar-refractivity contribution in [3.8, 4) is 5.69 Å². The van der Waals surface area contributed by atoms with Gasteiger partial charge in [0, 0.05) is 10.8 Å². The molecule has 0 amide bonds. The van der Waals surface area contributed by atoms with Crippen LogP contribution >= 0.6 is 0 Å². The van der Waals surface area contributed by atoms with Gasteiger partial charge in [0.2, 0.25) is 0 Å². The van der Waals surface area contributed by atoms with E-state index in [1.54, 1.807) is 24.3 Å². The summed E-state index contributed by atoms with van der Waals surface area (Å²) in [5, 5.41) is 24.0. The summed E-state index contributed by atoms with van der Waals surface area (Å²) in [6.07, 6.45) is 0. The average Bonchev–Trinajstić information content (AvgIpc) is 2.73. The second-order valence-electron chi connectivity index (χ2n) is 3.15. The number of aliphatic carboxylic acids is 1. The molecule has 0 radical (unpaired) electrons. The van der Waals surface area contributed by atoms with Crippen molar-refractivity contribution in [2.45, 2.75) is 5.16 Å². The molecule has 0 atom stereocenters. The van der Waals surface area contributed by atoms with Gasteiger partial charge in [-0.3, -0.25) is 0 Å². The summed E-state index contributed by atoms with van der Waals surface area (Å²) in [7, 11) is 0. The molecule has 0 aliphatic rings. The van der Waals surface area contributed by atoms with Crippen LogP contribution in [-0.2, 0) is 17.4 Å². The van der Waals surface area contributed by atoms with Gasteiger partial charge in [-0.15, -0.1) is 5.10 Å². The van der Waals surface area contributed by atoms with Gasteiger partial charge in [-0.2, -0.15) is 0 Å². The summed E-state index contributed by atoms with van der Waals surface area (Å²) >= 11 is 4.92. The number of anilines is 1. The maximum atomic E-state index is 10.3. The van der Waals surface area contributed by atoms with Crippen LogP contribution in [0.3, 0.4) is 0 Å². The predicted octanol–water partition coefficient (Wildman–Crippen LogP) is -7.26. The van der Waals surface area contributed by atoms with E-state index in [2.05, 4.69) is 20.8 Å². The van der Waals surface area contributed by atoms with Gasteiger partial charge in [-0.25, -0.2) is 4.68 Å². The summed E-state index contributed by atoms with van der Waals surface area (Å²) < 4.78 is 1.37. The maximum Gasteiger partial charge on any atom is 1.00 e. The van der Waals surface area contributed by atoms with E-state index in [1.807, 2.05) is 0 Å². The molecule has 1 N–H and O–H groups in total. The van der Waals surface area contributed by atoms with Gasteiger partial charge in [0.15, 0.2) is 0 Å². The van der Waals surface area contributed by atoms with Crippen molar-refractivity contribution in [1.82, 2.24) is 20.2 Å². The Labute approximate surface area is 200 Å². The molecule has 2 rings (SSSR count). The Bertz CT molecular complexity index is 551. The summed E-state index contributed by atoms with van der Waals surface area (Å²) in [6.45, 7) is -0.264. The largest absolute Gasteiger partial charge is 1.00 e. The molecule has 0 bridgehead atoms. The van der Waals surface area contributed by atoms with Gasteiger partial charge in [0.25, 0.3) is 0 Å². The fraction of sp³-hybridized carbons (Fsp3) is 0.111. The third-order valence-electron chi connectivity index (χ3n) is 1.97. The molecule has 0 aliphatic heterocycles. The molecule has 0 saturated heterocycles. The molecule has 1 aromatic heterocycles. The topological polar surface area (TPSA) is 95.8 Å². The van der Waals surface area contributed by atoms with Crippen molar-refractivity contribution in [1.29, 1.82) is 0 Å². The standard InChI is InChI=1S/C9H9N5O2S.2K/c15-8(16)5-10-6-2-1-3-7(4-6)14-9(17)11-12-13-14;;/h1-4,10H,5H2,(H,15,16)(H,11,13,17);;/q;2*+1/p-2. The Morgan fingerprint density at radius 2 is 2.16 bits per heavy atom. The van der Waals surface area contributed by atoms with E-state index in [0.29, 0.717) is 11.4 Å². The van der Waals surface area contributed by atoms with Crippen molar-refractivity contribution in [3.63, 3.8) is 0 Å². The zero-order chi connectivity index (χ0) is 12.3. The van der Waals surface area contributed by atoms with E-state index in [0.717, 1.165) is 0 Å². The van der Waals surface area contributed by atoms with Crippen LogP contribution in [0.15, 0.2) is 29.4 Å². The predicted molar refractivity (Wildman–Crippen MR) is 58.3 cm³/mol. The molecule has 0 aliphatic carbocycles. The molecule has 0 spiro atoms. The van der Waals surface area contributed by atoms with Crippen LogP contribution in [0.5, 0.6) is 0 Å². The monoisotopic (exact) mass is 327 g/mol. The first kappa shape index (κ1) is 20.1. The fourth-order valence-corrected chi connectivity index (χ4v) is 1.44. The summed E-state index contributed by atoms with van der Waals surface area (Å²) in [5.74, 6) is -1.18. The SMILES string of the molecule is O=C([O-])CNc1cccc(-n2nnnc2[S-])c1.[K+].[K+]. The van der Waals surface area contributed by atoms with Gasteiger partial charge >= 0.3 is 103 Å². The van der Waals surface area contributed by atoms with Crippen molar-refractivity contribution < 1.29 is 113 Å². The van der Waals surface area contributed by atoms with Crippen LogP contribution in [0.25, 0.3) is 5.69 Å². The molecule has 0 unspecified atom stereocenters. The third kappa shape index (κ3) is 6.13. The first-order chi connectivity index (χ1) is 8.16. The molecular formula is C9H7K2N5O2S. The van der Waals surface area contributed by atoms with Gasteiger partial charge in [0.1, 0.15) is 0 Å². The second kappa shape index (κ2) is 9.89. The van der Waals surface area contributed by atoms with Gasteiger partial charge < -0.3 is 27.8 Å². The maximum absolute atomic E-state index is 10.3. The van der Waals surface area contributed by atoms with Crippen LogP contribution in [0.1, 0.15) is 0 Å². The third-order valence-corrected chi connectivity index (χ3v) is 2.22. The van der Waals surface area contributed by atoms with Crippen LogP contribution in [-0.4, -0.2) is 32.7 Å². The number of rotatable bonds is 4. The molecule has 2 aromatic rings. The van der Waals surface area contributed by atoms with E-state index < -0.39 is 5.97 Å².